The van der Waals surface area contributed by atoms with E-state index in [0.29, 0.717) is 23.2 Å². The molecule has 130 valence electrons. The van der Waals surface area contributed by atoms with E-state index in [1.54, 1.807) is 12.1 Å². The summed E-state index contributed by atoms with van der Waals surface area (Å²) < 4.78 is 30.2. The molecule has 0 unspecified atom stereocenters. The molecule has 0 aliphatic heterocycles. The number of sulfonamides is 1. The van der Waals surface area contributed by atoms with E-state index in [1.807, 2.05) is 6.07 Å². The molecule has 0 aliphatic carbocycles. The van der Waals surface area contributed by atoms with Gasteiger partial charge in [-0.05, 0) is 42.5 Å². The van der Waals surface area contributed by atoms with Gasteiger partial charge in [-0.2, -0.15) is 0 Å². The van der Waals surface area contributed by atoms with Gasteiger partial charge in [0.1, 0.15) is 12.4 Å². The molecule has 2 N–H and O–H groups in total. The van der Waals surface area contributed by atoms with E-state index < -0.39 is 10.0 Å². The maximum Gasteiger partial charge on any atom is 0.261 e. The predicted octanol–water partition coefficient (Wildman–Crippen LogP) is 1.89. The van der Waals surface area contributed by atoms with E-state index >= 15 is 0 Å². The second-order valence-corrected chi connectivity index (χ2v) is 7.75. The largest absolute Gasteiger partial charge is 0.492 e. The molecule has 3 aromatic rings. The number of hydrogen-bond donors (Lipinski definition) is 1. The minimum atomic E-state index is -3.73. The fourth-order valence-corrected chi connectivity index (χ4v) is 3.15. The van der Waals surface area contributed by atoms with Crippen LogP contribution in [-0.4, -0.2) is 24.6 Å². The van der Waals surface area contributed by atoms with Gasteiger partial charge in [-0.3, -0.25) is 9.36 Å². The van der Waals surface area contributed by atoms with E-state index in [4.69, 9.17) is 9.88 Å². The van der Waals surface area contributed by atoms with Crippen LogP contribution in [0.25, 0.3) is 10.9 Å². The number of nitrogens with two attached hydrogens (primary N) is 1. The highest BCUT2D eigenvalue weighted by Gasteiger charge is 2.08. The molecule has 2 aromatic carbocycles. The summed E-state index contributed by atoms with van der Waals surface area (Å²) in [6, 6.07) is 11.1. The lowest BCUT2D eigenvalue weighted by atomic mass is 10.2. The van der Waals surface area contributed by atoms with Crippen molar-refractivity contribution in [1.29, 1.82) is 0 Å². The summed E-state index contributed by atoms with van der Waals surface area (Å²) in [5.74, 6) is 0.483. The van der Waals surface area contributed by atoms with Crippen LogP contribution < -0.4 is 15.4 Å². The first-order valence-electron chi connectivity index (χ1n) is 7.25. The van der Waals surface area contributed by atoms with Gasteiger partial charge >= 0.3 is 0 Å². The Morgan fingerprint density at radius 2 is 1.88 bits per heavy atom. The average molecular weight is 424 g/mol. The highest BCUT2D eigenvalue weighted by molar-refractivity contribution is 9.10. The molecule has 0 saturated carbocycles. The standard InChI is InChI=1S/C16H14BrN3O4S/c17-11-1-6-15-14(9-11)16(21)20(10-19-15)7-8-24-12-2-4-13(5-3-12)25(18,22)23/h1-6,9-10H,7-8H2,(H2,18,22,23). The van der Waals surface area contributed by atoms with Gasteiger partial charge in [0.15, 0.2) is 0 Å². The summed E-state index contributed by atoms with van der Waals surface area (Å²) in [6.45, 7) is 0.543. The minimum absolute atomic E-state index is 0.0142. The van der Waals surface area contributed by atoms with Crippen molar-refractivity contribution < 1.29 is 13.2 Å². The summed E-state index contributed by atoms with van der Waals surface area (Å²) in [5.41, 5.74) is 0.475. The van der Waals surface area contributed by atoms with Gasteiger partial charge < -0.3 is 4.74 Å². The summed E-state index contributed by atoms with van der Waals surface area (Å²) in [4.78, 5) is 16.7. The Kier molecular flexibility index (Phi) is 4.89. The smallest absolute Gasteiger partial charge is 0.261 e. The predicted molar refractivity (Wildman–Crippen MR) is 97.0 cm³/mol. The summed E-state index contributed by atoms with van der Waals surface area (Å²) in [5, 5.41) is 5.56. The molecular weight excluding hydrogens is 410 g/mol. The quantitative estimate of drug-likeness (QED) is 0.674. The molecule has 0 spiro atoms. The van der Waals surface area contributed by atoms with Gasteiger partial charge in [0, 0.05) is 4.47 Å². The van der Waals surface area contributed by atoms with Crippen molar-refractivity contribution >= 4 is 36.9 Å². The fourth-order valence-electron chi connectivity index (χ4n) is 2.28. The molecule has 1 heterocycles. The number of aromatic nitrogens is 2. The Morgan fingerprint density at radius 3 is 2.56 bits per heavy atom. The van der Waals surface area contributed by atoms with Gasteiger partial charge in [-0.1, -0.05) is 15.9 Å². The zero-order chi connectivity index (χ0) is 18.0. The first kappa shape index (κ1) is 17.6. The Bertz CT molecular complexity index is 1080. The third kappa shape index (κ3) is 4.06. The Labute approximate surface area is 152 Å². The average Bonchev–Trinajstić information content (AvgIpc) is 2.57. The van der Waals surface area contributed by atoms with E-state index in [0.717, 1.165) is 4.47 Å². The van der Waals surface area contributed by atoms with Crippen molar-refractivity contribution in [2.75, 3.05) is 6.61 Å². The van der Waals surface area contributed by atoms with Crippen molar-refractivity contribution in [3.05, 3.63) is 63.6 Å². The molecule has 0 bridgehead atoms. The van der Waals surface area contributed by atoms with Crippen LogP contribution in [0.5, 0.6) is 5.75 Å². The zero-order valence-corrected chi connectivity index (χ0v) is 15.3. The lowest BCUT2D eigenvalue weighted by Gasteiger charge is -2.09. The molecule has 0 amide bonds. The second kappa shape index (κ2) is 6.95. The van der Waals surface area contributed by atoms with Gasteiger partial charge in [0.05, 0.1) is 28.7 Å². The van der Waals surface area contributed by atoms with Crippen LogP contribution in [0.1, 0.15) is 0 Å². The minimum Gasteiger partial charge on any atom is -0.492 e. The number of benzene rings is 2. The maximum atomic E-state index is 12.4. The number of primary sulfonamides is 1. The Balaban J connectivity index is 1.71. The number of hydrogen-bond acceptors (Lipinski definition) is 5. The number of rotatable bonds is 5. The van der Waals surface area contributed by atoms with Crippen molar-refractivity contribution in [1.82, 2.24) is 9.55 Å². The van der Waals surface area contributed by atoms with Crippen LogP contribution >= 0.6 is 15.9 Å². The van der Waals surface area contributed by atoms with E-state index in [2.05, 4.69) is 20.9 Å². The van der Waals surface area contributed by atoms with Crippen molar-refractivity contribution in [3.63, 3.8) is 0 Å². The lowest BCUT2D eigenvalue weighted by Crippen LogP contribution is -2.23. The molecule has 0 radical (unpaired) electrons. The maximum absolute atomic E-state index is 12.4. The zero-order valence-electron chi connectivity index (χ0n) is 12.9. The summed E-state index contributed by atoms with van der Waals surface area (Å²) in [6.07, 6.45) is 1.48. The molecule has 7 nitrogen and oxygen atoms in total. The van der Waals surface area contributed by atoms with E-state index in [-0.39, 0.29) is 17.1 Å². The molecule has 9 heteroatoms. The molecular formula is C16H14BrN3O4S. The van der Waals surface area contributed by atoms with Crippen LogP contribution in [0.2, 0.25) is 0 Å². The number of nitrogens with zero attached hydrogens (tertiary/aromatic N) is 2. The first-order valence-corrected chi connectivity index (χ1v) is 9.59. The first-order chi connectivity index (χ1) is 11.8. The number of fused-ring (bicyclic) bond motifs is 1. The molecule has 0 fully saturated rings. The number of ether oxygens (including phenoxy) is 1. The van der Waals surface area contributed by atoms with Crippen LogP contribution in [0.4, 0.5) is 0 Å². The lowest BCUT2D eigenvalue weighted by molar-refractivity contribution is 0.296. The highest BCUT2D eigenvalue weighted by Crippen LogP contribution is 2.16. The topological polar surface area (TPSA) is 104 Å². The third-order valence-electron chi connectivity index (χ3n) is 3.54. The highest BCUT2D eigenvalue weighted by atomic mass is 79.9. The van der Waals surface area contributed by atoms with Crippen LogP contribution in [0, 0.1) is 0 Å². The Morgan fingerprint density at radius 1 is 1.16 bits per heavy atom. The molecule has 0 saturated heterocycles. The fraction of sp³-hybridized carbons (Fsp3) is 0.125. The van der Waals surface area contributed by atoms with Crippen molar-refractivity contribution in [2.45, 2.75) is 11.4 Å². The van der Waals surface area contributed by atoms with Gasteiger partial charge in [-0.25, -0.2) is 18.5 Å². The van der Waals surface area contributed by atoms with Crippen LogP contribution in [0.3, 0.4) is 0 Å². The van der Waals surface area contributed by atoms with Crippen molar-refractivity contribution in [3.8, 4) is 5.75 Å². The number of halogens is 1. The monoisotopic (exact) mass is 423 g/mol. The van der Waals surface area contributed by atoms with E-state index in [9.17, 15) is 13.2 Å². The SMILES string of the molecule is NS(=O)(=O)c1ccc(OCCn2cnc3ccc(Br)cc3c2=O)cc1. The Hall–Kier alpha value is -2.23. The van der Waals surface area contributed by atoms with Gasteiger partial charge in [0.25, 0.3) is 5.56 Å². The third-order valence-corrected chi connectivity index (χ3v) is 4.96. The van der Waals surface area contributed by atoms with Gasteiger partial charge in [0.2, 0.25) is 10.0 Å². The van der Waals surface area contributed by atoms with Gasteiger partial charge in [-0.15, -0.1) is 0 Å². The molecule has 1 aromatic heterocycles. The molecule has 3 rings (SSSR count). The van der Waals surface area contributed by atoms with Crippen LogP contribution in [-0.2, 0) is 16.6 Å². The van der Waals surface area contributed by atoms with Crippen LogP contribution in [0.15, 0.2) is 63.0 Å². The summed E-state index contributed by atoms with van der Waals surface area (Å²) in [7, 11) is -3.73. The molecule has 0 atom stereocenters. The van der Waals surface area contributed by atoms with Crippen molar-refractivity contribution in [2.24, 2.45) is 5.14 Å². The molecule has 25 heavy (non-hydrogen) atoms. The second-order valence-electron chi connectivity index (χ2n) is 5.27. The molecule has 0 aliphatic rings. The van der Waals surface area contributed by atoms with E-state index in [1.165, 1.54) is 35.2 Å². The summed E-state index contributed by atoms with van der Waals surface area (Å²) >= 11 is 3.34. The normalized spacial score (nSPS) is 11.6.